The van der Waals surface area contributed by atoms with Crippen LogP contribution in [0.1, 0.15) is 33.6 Å². The van der Waals surface area contributed by atoms with E-state index < -0.39 is 51.5 Å². The lowest BCUT2D eigenvalue weighted by molar-refractivity contribution is -0.122. The molecule has 0 radical (unpaired) electrons. The second kappa shape index (κ2) is 12.0. The quantitative estimate of drug-likeness (QED) is 0.213. The van der Waals surface area contributed by atoms with E-state index in [-0.39, 0.29) is 18.7 Å². The highest BCUT2D eigenvalue weighted by Gasteiger charge is 2.56. The van der Waals surface area contributed by atoms with Crippen molar-refractivity contribution >= 4 is 69.8 Å². The van der Waals surface area contributed by atoms with Crippen LogP contribution in [0.3, 0.4) is 0 Å². The third-order valence-electron chi connectivity index (χ3n) is 7.34. The highest BCUT2D eigenvalue weighted by atomic mass is 35.5. The minimum Gasteiger partial charge on any atom is -0.462 e. The molecule has 1 saturated heterocycles. The van der Waals surface area contributed by atoms with Crippen LogP contribution in [0.5, 0.6) is 0 Å². The zero-order chi connectivity index (χ0) is 31.1. The van der Waals surface area contributed by atoms with E-state index in [1.54, 1.807) is 31.2 Å². The lowest BCUT2D eigenvalue weighted by Gasteiger charge is -2.30. The summed E-state index contributed by atoms with van der Waals surface area (Å²) in [5, 5.41) is 2.68. The number of carbonyl (C=O) groups excluding carboxylic acids is 4. The molecule has 6 rings (SSSR count). The predicted octanol–water partition coefficient (Wildman–Crippen LogP) is 5.31. The van der Waals surface area contributed by atoms with E-state index >= 15 is 0 Å². The Bertz CT molecular complexity index is 1840. The topological polar surface area (TPSA) is 115 Å². The van der Waals surface area contributed by atoms with Gasteiger partial charge >= 0.3 is 10.8 Å². The average Bonchev–Trinajstić information content (AvgIpc) is 3.45. The highest BCUT2D eigenvalue weighted by molar-refractivity contribution is 8.00. The molecule has 224 valence electrons. The van der Waals surface area contributed by atoms with Crippen LogP contribution in [-0.2, 0) is 25.7 Å². The van der Waals surface area contributed by atoms with Crippen molar-refractivity contribution in [1.29, 1.82) is 0 Å². The Morgan fingerprint density at radius 3 is 2.30 bits per heavy atom. The maximum Gasteiger partial charge on any atom is 0.338 e. The summed E-state index contributed by atoms with van der Waals surface area (Å²) in [5.74, 6) is -3.90. The Morgan fingerprint density at radius 1 is 0.955 bits per heavy atom. The van der Waals surface area contributed by atoms with Crippen LogP contribution in [-0.4, -0.2) is 40.1 Å². The van der Waals surface area contributed by atoms with Crippen LogP contribution < -0.4 is 15.1 Å². The van der Waals surface area contributed by atoms with Crippen LogP contribution >= 0.6 is 34.7 Å². The number of nitrogens with one attached hydrogen (secondary N) is 1. The summed E-state index contributed by atoms with van der Waals surface area (Å²) in [7, 11) is 0. The minimum absolute atomic E-state index is 0.208. The van der Waals surface area contributed by atoms with Gasteiger partial charge in [-0.3, -0.25) is 23.7 Å². The number of thioether (sulfide) groups is 1. The number of thiazole rings is 1. The number of nitrogens with zero attached hydrogens (tertiary/aromatic N) is 2. The van der Waals surface area contributed by atoms with E-state index in [1.165, 1.54) is 53.1 Å². The highest BCUT2D eigenvalue weighted by Crippen LogP contribution is 2.54. The number of benzene rings is 3. The number of imide groups is 1. The van der Waals surface area contributed by atoms with E-state index in [4.69, 9.17) is 16.3 Å². The van der Waals surface area contributed by atoms with Crippen molar-refractivity contribution in [2.45, 2.75) is 29.7 Å². The molecule has 1 N–H and O–H groups in total. The van der Waals surface area contributed by atoms with Gasteiger partial charge in [0.05, 0.1) is 28.8 Å². The fourth-order valence-corrected chi connectivity index (χ4v) is 8.28. The predicted molar refractivity (Wildman–Crippen MR) is 165 cm³/mol. The number of halogens is 2. The summed E-state index contributed by atoms with van der Waals surface area (Å²) in [6, 6.07) is 18.1. The maximum absolute atomic E-state index is 14.0. The van der Waals surface area contributed by atoms with Crippen LogP contribution in [0.4, 0.5) is 15.8 Å². The van der Waals surface area contributed by atoms with E-state index in [0.29, 0.717) is 31.9 Å². The molecule has 3 heterocycles. The number of hydrogen-bond acceptors (Lipinski definition) is 8. The van der Waals surface area contributed by atoms with Crippen molar-refractivity contribution in [2.24, 2.45) is 5.92 Å². The van der Waals surface area contributed by atoms with Gasteiger partial charge in [-0.05, 0) is 73.2 Å². The molecule has 0 aliphatic carbocycles. The van der Waals surface area contributed by atoms with Gasteiger partial charge in [0.1, 0.15) is 17.6 Å². The van der Waals surface area contributed by atoms with Crippen molar-refractivity contribution in [2.75, 3.05) is 16.8 Å². The van der Waals surface area contributed by atoms with Gasteiger partial charge in [-0.25, -0.2) is 14.1 Å². The van der Waals surface area contributed by atoms with Gasteiger partial charge in [-0.1, -0.05) is 46.8 Å². The molecule has 1 fully saturated rings. The molecule has 2 aliphatic heterocycles. The first kappa shape index (κ1) is 29.8. The van der Waals surface area contributed by atoms with Crippen molar-refractivity contribution in [3.05, 3.63) is 109 Å². The third kappa shape index (κ3) is 5.44. The molecule has 4 aromatic rings. The minimum atomic E-state index is -0.888. The summed E-state index contributed by atoms with van der Waals surface area (Å²) in [6.07, 6.45) is 0. The largest absolute Gasteiger partial charge is 0.462 e. The van der Waals surface area contributed by atoms with Gasteiger partial charge in [0, 0.05) is 21.5 Å². The number of ether oxygens (including phenoxy) is 1. The second-order valence-corrected chi connectivity index (χ2v) is 12.6. The first-order valence-electron chi connectivity index (χ1n) is 13.5. The van der Waals surface area contributed by atoms with Gasteiger partial charge in [0.2, 0.25) is 17.7 Å². The van der Waals surface area contributed by atoms with E-state index in [9.17, 15) is 28.4 Å². The fraction of sp³-hybridized carbons (Fsp3) is 0.194. The first-order valence-corrected chi connectivity index (χ1v) is 15.6. The molecular weight excluding hydrogens is 629 g/mol. The standard InChI is InChI=1S/C31H23ClFN3O6S2/c1-2-42-30(40)17-5-13-21(14-6-17)36-27(38)24-23(16-3-7-18(32)8-4-16)26-29(43-25(24)28(36)39)35(31(41)44-26)15-22(37)34-20-11-9-19(33)10-12-20/h3-14,23-25H,2,15H2,1H3,(H,34,37). The van der Waals surface area contributed by atoms with E-state index in [0.717, 1.165) is 28.0 Å². The number of anilines is 2. The Morgan fingerprint density at radius 2 is 1.64 bits per heavy atom. The van der Waals surface area contributed by atoms with Gasteiger partial charge in [0.25, 0.3) is 0 Å². The molecule has 2 aliphatic rings. The number of esters is 1. The summed E-state index contributed by atoms with van der Waals surface area (Å²) < 4.78 is 19.6. The molecular formula is C31H23ClFN3O6S2. The maximum atomic E-state index is 14.0. The van der Waals surface area contributed by atoms with Crippen molar-refractivity contribution in [3.63, 3.8) is 0 Å². The van der Waals surface area contributed by atoms with Crippen molar-refractivity contribution < 1.29 is 28.3 Å². The molecule has 44 heavy (non-hydrogen) atoms. The number of carbonyl (C=O) groups is 4. The smallest absolute Gasteiger partial charge is 0.338 e. The van der Waals surface area contributed by atoms with Crippen LogP contribution in [0.25, 0.3) is 0 Å². The summed E-state index contributed by atoms with van der Waals surface area (Å²) >= 11 is 8.16. The third-order valence-corrected chi connectivity index (χ3v) is 10.2. The van der Waals surface area contributed by atoms with Gasteiger partial charge in [-0.2, -0.15) is 0 Å². The van der Waals surface area contributed by atoms with Crippen LogP contribution in [0, 0.1) is 11.7 Å². The van der Waals surface area contributed by atoms with E-state index in [1.807, 2.05) is 0 Å². The van der Waals surface area contributed by atoms with Crippen molar-refractivity contribution in [3.8, 4) is 0 Å². The molecule has 0 bridgehead atoms. The van der Waals surface area contributed by atoms with Crippen LogP contribution in [0.15, 0.2) is 82.6 Å². The number of aromatic nitrogens is 1. The van der Waals surface area contributed by atoms with Gasteiger partial charge in [-0.15, -0.1) is 0 Å². The lowest BCUT2D eigenvalue weighted by Crippen LogP contribution is -2.33. The molecule has 0 spiro atoms. The zero-order valence-electron chi connectivity index (χ0n) is 23.0. The Hall–Kier alpha value is -4.26. The van der Waals surface area contributed by atoms with Gasteiger partial charge < -0.3 is 10.1 Å². The molecule has 9 nitrogen and oxygen atoms in total. The molecule has 1 aromatic heterocycles. The average molecular weight is 652 g/mol. The molecule has 3 aromatic carbocycles. The zero-order valence-corrected chi connectivity index (χ0v) is 25.4. The number of hydrogen-bond donors (Lipinski definition) is 1. The van der Waals surface area contributed by atoms with E-state index in [2.05, 4.69) is 5.32 Å². The van der Waals surface area contributed by atoms with Gasteiger partial charge in [0.15, 0.2) is 0 Å². The first-order chi connectivity index (χ1) is 21.2. The number of rotatable bonds is 7. The molecule has 3 atom stereocenters. The Kier molecular flexibility index (Phi) is 8.14. The second-order valence-electron chi connectivity index (χ2n) is 10.1. The van der Waals surface area contributed by atoms with Crippen LogP contribution in [0.2, 0.25) is 5.02 Å². The number of fused-ring (bicyclic) bond motifs is 2. The summed E-state index contributed by atoms with van der Waals surface area (Å²) in [6.45, 7) is 1.56. The fourth-order valence-electron chi connectivity index (χ4n) is 5.38. The lowest BCUT2D eigenvalue weighted by atomic mass is 9.83. The molecule has 3 amide bonds. The summed E-state index contributed by atoms with van der Waals surface area (Å²) in [5.41, 5.74) is 1.64. The Labute approximate surface area is 263 Å². The molecule has 13 heteroatoms. The molecule has 0 saturated carbocycles. The molecule has 3 unspecified atom stereocenters. The number of amides is 3. The Balaban J connectivity index is 1.36. The van der Waals surface area contributed by atoms with Crippen molar-refractivity contribution in [1.82, 2.24) is 4.57 Å². The normalized spacial score (nSPS) is 19.0. The SMILES string of the molecule is CCOC(=O)c1ccc(N2C(=O)C3Sc4c(sc(=O)n4CC(=O)Nc4ccc(F)cc4)C(c4ccc(Cl)cc4)C3C2=O)cc1. The summed E-state index contributed by atoms with van der Waals surface area (Å²) in [4.78, 5) is 67.5. The monoisotopic (exact) mass is 651 g/mol.